The molecule has 0 amide bonds. The van der Waals surface area contributed by atoms with Gasteiger partial charge in [-0.1, -0.05) is 12.1 Å². The van der Waals surface area contributed by atoms with Crippen molar-refractivity contribution in [3.8, 4) is 5.69 Å². The zero-order valence-electron chi connectivity index (χ0n) is 8.62. The third kappa shape index (κ3) is 1.81. The molecule has 0 unspecified atom stereocenters. The highest BCUT2D eigenvalue weighted by Gasteiger charge is 2.13. The van der Waals surface area contributed by atoms with E-state index in [1.807, 2.05) is 12.3 Å². The smallest absolute Gasteiger partial charge is 0.337 e. The van der Waals surface area contributed by atoms with Crippen LogP contribution in [0.5, 0.6) is 0 Å². The molecule has 0 saturated carbocycles. The van der Waals surface area contributed by atoms with Gasteiger partial charge in [0.15, 0.2) is 0 Å². The number of thioether (sulfide) groups is 1. The van der Waals surface area contributed by atoms with E-state index < -0.39 is 5.97 Å². The molecule has 2 rings (SSSR count). The van der Waals surface area contributed by atoms with Gasteiger partial charge in [0.25, 0.3) is 0 Å². The summed E-state index contributed by atoms with van der Waals surface area (Å²) in [5.41, 5.74) is 0.839. The van der Waals surface area contributed by atoms with Crippen LogP contribution >= 0.6 is 11.8 Å². The van der Waals surface area contributed by atoms with E-state index in [4.69, 9.17) is 5.11 Å². The fourth-order valence-corrected chi connectivity index (χ4v) is 1.98. The Hall–Kier alpha value is -1.75. The Kier molecular flexibility index (Phi) is 2.96. The van der Waals surface area contributed by atoms with Crippen molar-refractivity contribution in [2.75, 3.05) is 6.26 Å². The van der Waals surface area contributed by atoms with Crippen molar-refractivity contribution in [1.29, 1.82) is 0 Å². The summed E-state index contributed by atoms with van der Waals surface area (Å²) in [6.07, 6.45) is 3.58. The normalized spacial score (nSPS) is 10.3. The molecule has 1 N–H and O–H groups in total. The van der Waals surface area contributed by atoms with Crippen LogP contribution in [0.15, 0.2) is 41.6 Å². The van der Waals surface area contributed by atoms with E-state index in [2.05, 4.69) is 5.10 Å². The van der Waals surface area contributed by atoms with E-state index in [-0.39, 0.29) is 5.56 Å². The maximum absolute atomic E-state index is 11.1. The summed E-state index contributed by atoms with van der Waals surface area (Å²) >= 11 is 1.52. The second-order valence-corrected chi connectivity index (χ2v) is 3.93. The number of para-hydroxylation sites is 1. The first-order valence-electron chi connectivity index (χ1n) is 4.64. The van der Waals surface area contributed by atoms with Crippen LogP contribution in [0, 0.1) is 0 Å². The molecule has 4 nitrogen and oxygen atoms in total. The molecule has 0 aliphatic carbocycles. The predicted octanol–water partition coefficient (Wildman–Crippen LogP) is 2.29. The first-order chi connectivity index (χ1) is 7.74. The molecule has 5 heteroatoms. The molecule has 0 saturated heterocycles. The Morgan fingerprint density at radius 1 is 1.38 bits per heavy atom. The Morgan fingerprint density at radius 2 is 2.12 bits per heavy atom. The van der Waals surface area contributed by atoms with Gasteiger partial charge in [-0.3, -0.25) is 0 Å². The quantitative estimate of drug-likeness (QED) is 0.828. The van der Waals surface area contributed by atoms with Crippen molar-refractivity contribution in [1.82, 2.24) is 9.78 Å². The highest BCUT2D eigenvalue weighted by molar-refractivity contribution is 7.98. The fraction of sp³-hybridized carbons (Fsp3) is 0.0909. The zero-order chi connectivity index (χ0) is 11.5. The molecule has 82 valence electrons. The lowest BCUT2D eigenvalue weighted by Crippen LogP contribution is -2.06. The molecule has 0 spiro atoms. The number of aromatic nitrogens is 2. The van der Waals surface area contributed by atoms with Crippen LogP contribution in [0.1, 0.15) is 10.4 Å². The van der Waals surface area contributed by atoms with Crippen molar-refractivity contribution in [3.05, 3.63) is 42.1 Å². The minimum Gasteiger partial charge on any atom is -0.478 e. The molecule has 2 aromatic rings. The lowest BCUT2D eigenvalue weighted by atomic mass is 10.2. The summed E-state index contributed by atoms with van der Waals surface area (Å²) in [4.78, 5) is 11.1. The van der Waals surface area contributed by atoms with Gasteiger partial charge < -0.3 is 5.11 Å². The minimum atomic E-state index is -0.946. The summed E-state index contributed by atoms with van der Waals surface area (Å²) in [5.74, 6) is -0.946. The first-order valence-corrected chi connectivity index (χ1v) is 5.87. The van der Waals surface area contributed by atoms with Crippen molar-refractivity contribution in [2.24, 2.45) is 0 Å². The highest BCUT2D eigenvalue weighted by Crippen LogP contribution is 2.21. The summed E-state index contributed by atoms with van der Waals surface area (Å²) in [7, 11) is 0. The maximum atomic E-state index is 11.1. The summed E-state index contributed by atoms with van der Waals surface area (Å²) in [6, 6.07) is 8.67. The van der Waals surface area contributed by atoms with E-state index in [9.17, 15) is 4.79 Å². The summed E-state index contributed by atoms with van der Waals surface area (Å²) in [6.45, 7) is 0. The van der Waals surface area contributed by atoms with Crippen LogP contribution in [0.25, 0.3) is 5.69 Å². The maximum Gasteiger partial charge on any atom is 0.337 e. The number of carboxylic acids is 1. The minimum absolute atomic E-state index is 0.251. The van der Waals surface area contributed by atoms with E-state index in [0.717, 1.165) is 5.03 Å². The highest BCUT2D eigenvalue weighted by atomic mass is 32.2. The third-order valence-corrected chi connectivity index (χ3v) is 2.91. The first kappa shape index (κ1) is 10.8. The van der Waals surface area contributed by atoms with E-state index >= 15 is 0 Å². The zero-order valence-corrected chi connectivity index (χ0v) is 9.44. The molecule has 0 fully saturated rings. The van der Waals surface area contributed by atoms with Gasteiger partial charge >= 0.3 is 5.97 Å². The Labute approximate surface area is 96.9 Å². The standard InChI is InChI=1S/C11H10N2O2S/c1-16-10-6-7-12-13(10)9-5-3-2-4-8(9)11(14)15/h2-7H,1H3,(H,14,15). The van der Waals surface area contributed by atoms with Crippen LogP contribution < -0.4 is 0 Å². The van der Waals surface area contributed by atoms with Crippen LogP contribution in [0.2, 0.25) is 0 Å². The Balaban J connectivity index is 2.60. The van der Waals surface area contributed by atoms with E-state index in [1.165, 1.54) is 11.8 Å². The van der Waals surface area contributed by atoms with Crippen LogP contribution in [-0.2, 0) is 0 Å². The number of hydrogen-bond donors (Lipinski definition) is 1. The number of aromatic carboxylic acids is 1. The number of hydrogen-bond acceptors (Lipinski definition) is 3. The van der Waals surface area contributed by atoms with Crippen molar-refractivity contribution in [2.45, 2.75) is 5.03 Å². The van der Waals surface area contributed by atoms with Crippen LogP contribution in [0.4, 0.5) is 0 Å². The number of rotatable bonds is 3. The molecule has 0 aliphatic heterocycles. The molecular formula is C11H10N2O2S. The Bertz CT molecular complexity index is 522. The van der Waals surface area contributed by atoms with Gasteiger partial charge in [-0.25, -0.2) is 9.48 Å². The number of benzene rings is 1. The van der Waals surface area contributed by atoms with Gasteiger partial charge in [-0.15, -0.1) is 11.8 Å². The fourth-order valence-electron chi connectivity index (χ4n) is 1.47. The van der Waals surface area contributed by atoms with E-state index in [1.54, 1.807) is 35.1 Å². The SMILES string of the molecule is CSc1ccnn1-c1ccccc1C(=O)O. The lowest BCUT2D eigenvalue weighted by molar-refractivity contribution is 0.0696. The van der Waals surface area contributed by atoms with Gasteiger partial charge in [-0.05, 0) is 24.5 Å². The monoisotopic (exact) mass is 234 g/mol. The molecule has 1 heterocycles. The molecule has 0 radical (unpaired) electrons. The Morgan fingerprint density at radius 3 is 2.81 bits per heavy atom. The van der Waals surface area contributed by atoms with Crippen LogP contribution in [0.3, 0.4) is 0 Å². The molecular weight excluding hydrogens is 224 g/mol. The van der Waals surface area contributed by atoms with Gasteiger partial charge in [0.2, 0.25) is 0 Å². The third-order valence-electron chi connectivity index (χ3n) is 2.18. The molecule has 1 aromatic heterocycles. The molecule has 16 heavy (non-hydrogen) atoms. The van der Waals surface area contributed by atoms with E-state index in [0.29, 0.717) is 5.69 Å². The van der Waals surface area contributed by atoms with Crippen LogP contribution in [-0.4, -0.2) is 27.1 Å². The number of nitrogens with zero attached hydrogens (tertiary/aromatic N) is 2. The summed E-state index contributed by atoms with van der Waals surface area (Å²) in [5, 5.41) is 14.1. The number of carboxylic acid groups (broad SMARTS) is 1. The van der Waals surface area contributed by atoms with Gasteiger partial charge in [-0.2, -0.15) is 5.10 Å². The largest absolute Gasteiger partial charge is 0.478 e. The van der Waals surface area contributed by atoms with Crippen molar-refractivity contribution < 1.29 is 9.90 Å². The topological polar surface area (TPSA) is 55.1 Å². The molecule has 1 aromatic carbocycles. The average Bonchev–Trinajstić information content (AvgIpc) is 2.76. The molecule has 0 bridgehead atoms. The predicted molar refractivity (Wildman–Crippen MR) is 62.3 cm³/mol. The van der Waals surface area contributed by atoms with Crippen molar-refractivity contribution in [3.63, 3.8) is 0 Å². The number of carbonyl (C=O) groups is 1. The van der Waals surface area contributed by atoms with Crippen molar-refractivity contribution >= 4 is 17.7 Å². The van der Waals surface area contributed by atoms with Gasteiger partial charge in [0.1, 0.15) is 0 Å². The second-order valence-electron chi connectivity index (χ2n) is 3.11. The molecule has 0 atom stereocenters. The van der Waals surface area contributed by atoms with Gasteiger partial charge in [0, 0.05) is 0 Å². The lowest BCUT2D eigenvalue weighted by Gasteiger charge is -2.08. The molecule has 0 aliphatic rings. The van der Waals surface area contributed by atoms with Gasteiger partial charge in [0.05, 0.1) is 22.5 Å². The average molecular weight is 234 g/mol. The second kappa shape index (κ2) is 4.40. The summed E-state index contributed by atoms with van der Waals surface area (Å²) < 4.78 is 1.63.